The van der Waals surface area contributed by atoms with Crippen molar-refractivity contribution < 1.29 is 13.9 Å². The third-order valence-electron chi connectivity index (χ3n) is 3.20. The Bertz CT molecular complexity index is 725. The van der Waals surface area contributed by atoms with E-state index in [0.717, 1.165) is 17.8 Å². The molecule has 2 aromatic rings. The van der Waals surface area contributed by atoms with Gasteiger partial charge in [0.1, 0.15) is 5.01 Å². The highest BCUT2D eigenvalue weighted by Crippen LogP contribution is 2.42. The molecule has 1 heterocycles. The van der Waals surface area contributed by atoms with Crippen LogP contribution in [0.4, 0.5) is 9.52 Å². The summed E-state index contributed by atoms with van der Waals surface area (Å²) in [5.74, 6) is -0.109. The highest BCUT2D eigenvalue weighted by Gasteiger charge is 2.27. The maximum Gasteiger partial charge on any atom is 0.250 e. The number of methoxy groups -OCH3 is 1. The molecule has 1 aliphatic rings. The van der Waals surface area contributed by atoms with Crippen LogP contribution in [0.1, 0.15) is 29.3 Å². The molecule has 0 radical (unpaired) electrons. The van der Waals surface area contributed by atoms with Crippen LogP contribution in [0.25, 0.3) is 6.08 Å². The van der Waals surface area contributed by atoms with E-state index < -0.39 is 5.82 Å². The Labute approximate surface area is 130 Å². The zero-order valence-corrected chi connectivity index (χ0v) is 12.7. The Kier molecular flexibility index (Phi) is 4.15. The zero-order chi connectivity index (χ0) is 15.5. The summed E-state index contributed by atoms with van der Waals surface area (Å²) in [5, 5.41) is 12.1. The zero-order valence-electron chi connectivity index (χ0n) is 11.9. The van der Waals surface area contributed by atoms with Crippen molar-refractivity contribution in [1.82, 2.24) is 10.2 Å². The van der Waals surface area contributed by atoms with Crippen molar-refractivity contribution in [2.45, 2.75) is 18.8 Å². The number of hydrogen-bond donors (Lipinski definition) is 1. The summed E-state index contributed by atoms with van der Waals surface area (Å²) in [5.41, 5.74) is 0.574. The molecule has 1 aliphatic carbocycles. The molecule has 0 atom stereocenters. The van der Waals surface area contributed by atoms with Crippen molar-refractivity contribution >= 4 is 28.5 Å². The lowest BCUT2D eigenvalue weighted by Gasteiger charge is -2.01. The van der Waals surface area contributed by atoms with E-state index in [4.69, 9.17) is 4.74 Å². The van der Waals surface area contributed by atoms with Crippen molar-refractivity contribution in [2.24, 2.45) is 0 Å². The topological polar surface area (TPSA) is 64.1 Å². The van der Waals surface area contributed by atoms with Crippen molar-refractivity contribution in [3.8, 4) is 5.75 Å². The fraction of sp³-hybridized carbons (Fsp3) is 0.267. The highest BCUT2D eigenvalue weighted by atomic mass is 32.1. The molecule has 22 heavy (non-hydrogen) atoms. The van der Waals surface area contributed by atoms with Gasteiger partial charge in [0, 0.05) is 12.0 Å². The lowest BCUT2D eigenvalue weighted by Crippen LogP contribution is -2.07. The fourth-order valence-electron chi connectivity index (χ4n) is 1.89. The third kappa shape index (κ3) is 3.48. The quantitative estimate of drug-likeness (QED) is 0.860. The Morgan fingerprint density at radius 2 is 2.27 bits per heavy atom. The van der Waals surface area contributed by atoms with Crippen LogP contribution in [0.5, 0.6) is 5.75 Å². The van der Waals surface area contributed by atoms with Gasteiger partial charge >= 0.3 is 0 Å². The van der Waals surface area contributed by atoms with E-state index in [9.17, 15) is 9.18 Å². The monoisotopic (exact) mass is 319 g/mol. The van der Waals surface area contributed by atoms with Crippen molar-refractivity contribution in [3.63, 3.8) is 0 Å². The number of amides is 1. The van der Waals surface area contributed by atoms with Crippen LogP contribution >= 0.6 is 11.3 Å². The summed E-state index contributed by atoms with van der Waals surface area (Å²) in [4.78, 5) is 11.8. The molecule has 0 saturated heterocycles. The average molecular weight is 319 g/mol. The van der Waals surface area contributed by atoms with Gasteiger partial charge in [-0.05, 0) is 36.6 Å². The predicted molar refractivity (Wildman–Crippen MR) is 82.5 cm³/mol. The van der Waals surface area contributed by atoms with Crippen molar-refractivity contribution in [2.75, 3.05) is 12.4 Å². The van der Waals surface area contributed by atoms with Crippen LogP contribution in [-0.4, -0.2) is 23.2 Å². The molecule has 3 rings (SSSR count). The first-order valence-electron chi connectivity index (χ1n) is 6.81. The summed E-state index contributed by atoms with van der Waals surface area (Å²) in [6, 6.07) is 4.49. The number of nitrogens with zero attached hydrogens (tertiary/aromatic N) is 2. The van der Waals surface area contributed by atoms with Crippen molar-refractivity contribution in [3.05, 3.63) is 40.7 Å². The van der Waals surface area contributed by atoms with E-state index in [1.165, 1.54) is 42.7 Å². The molecule has 0 spiro atoms. The molecular weight excluding hydrogens is 305 g/mol. The summed E-state index contributed by atoms with van der Waals surface area (Å²) in [6.07, 6.45) is 5.15. The van der Waals surface area contributed by atoms with Gasteiger partial charge in [-0.25, -0.2) is 4.39 Å². The highest BCUT2D eigenvalue weighted by molar-refractivity contribution is 7.15. The van der Waals surface area contributed by atoms with Gasteiger partial charge in [0.15, 0.2) is 11.6 Å². The van der Waals surface area contributed by atoms with Gasteiger partial charge in [-0.3, -0.25) is 10.1 Å². The fourth-order valence-corrected chi connectivity index (χ4v) is 2.80. The number of nitrogens with one attached hydrogen (secondary N) is 1. The third-order valence-corrected chi connectivity index (χ3v) is 4.20. The molecule has 1 fully saturated rings. The van der Waals surface area contributed by atoms with Crippen LogP contribution in [0.3, 0.4) is 0 Å². The van der Waals surface area contributed by atoms with Crippen LogP contribution < -0.4 is 10.1 Å². The molecule has 5 nitrogen and oxygen atoms in total. The molecule has 7 heteroatoms. The Morgan fingerprint density at radius 1 is 1.45 bits per heavy atom. The maximum absolute atomic E-state index is 13.5. The van der Waals surface area contributed by atoms with Crippen molar-refractivity contribution in [1.29, 1.82) is 0 Å². The van der Waals surface area contributed by atoms with Crippen LogP contribution in [0, 0.1) is 5.82 Å². The number of rotatable bonds is 5. The Balaban J connectivity index is 1.61. The number of aromatic nitrogens is 2. The summed E-state index contributed by atoms with van der Waals surface area (Å²) in [7, 11) is 1.40. The second-order valence-corrected chi connectivity index (χ2v) is 5.95. The predicted octanol–water partition coefficient (Wildman–Crippen LogP) is 3.22. The molecule has 1 N–H and O–H groups in total. The van der Waals surface area contributed by atoms with Crippen LogP contribution in [0.15, 0.2) is 24.3 Å². The molecular formula is C15H14FN3O2S. The molecule has 114 valence electrons. The minimum Gasteiger partial charge on any atom is -0.494 e. The number of carbonyl (C=O) groups excluding carboxylic acids is 1. The minimum atomic E-state index is -0.469. The summed E-state index contributed by atoms with van der Waals surface area (Å²) < 4.78 is 18.4. The Hall–Kier alpha value is -2.28. The Morgan fingerprint density at radius 3 is 2.95 bits per heavy atom. The van der Waals surface area contributed by atoms with Gasteiger partial charge in [-0.2, -0.15) is 0 Å². The van der Waals surface area contributed by atoms with Gasteiger partial charge in [-0.1, -0.05) is 17.4 Å². The number of hydrogen-bond acceptors (Lipinski definition) is 5. The normalized spacial score (nSPS) is 14.3. The summed E-state index contributed by atoms with van der Waals surface area (Å²) >= 11 is 1.40. The molecule has 1 aromatic carbocycles. The molecule has 0 aliphatic heterocycles. The van der Waals surface area contributed by atoms with Gasteiger partial charge in [0.2, 0.25) is 11.0 Å². The minimum absolute atomic E-state index is 0.170. The van der Waals surface area contributed by atoms with E-state index in [1.807, 2.05) is 0 Å². The second kappa shape index (κ2) is 6.23. The van der Waals surface area contributed by atoms with E-state index in [1.54, 1.807) is 6.07 Å². The van der Waals surface area contributed by atoms with Gasteiger partial charge < -0.3 is 4.74 Å². The van der Waals surface area contributed by atoms with E-state index in [0.29, 0.717) is 16.6 Å². The SMILES string of the molecule is COc1ccc(/C=C/C(=O)Nc2nnc(C3CC3)s2)cc1F. The molecule has 1 amide bonds. The first-order chi connectivity index (χ1) is 10.7. The van der Waals surface area contributed by atoms with Crippen LogP contribution in [-0.2, 0) is 4.79 Å². The lowest BCUT2D eigenvalue weighted by molar-refractivity contribution is -0.111. The van der Waals surface area contributed by atoms with Gasteiger partial charge in [0.25, 0.3) is 0 Å². The maximum atomic E-state index is 13.5. The smallest absolute Gasteiger partial charge is 0.250 e. The van der Waals surface area contributed by atoms with Gasteiger partial charge in [0.05, 0.1) is 7.11 Å². The molecule has 1 saturated carbocycles. The van der Waals surface area contributed by atoms with E-state index in [2.05, 4.69) is 15.5 Å². The number of anilines is 1. The number of benzene rings is 1. The summed E-state index contributed by atoms with van der Waals surface area (Å²) in [6.45, 7) is 0. The van der Waals surface area contributed by atoms with E-state index in [-0.39, 0.29) is 11.7 Å². The van der Waals surface area contributed by atoms with Crippen LogP contribution in [0.2, 0.25) is 0 Å². The standard InChI is InChI=1S/C15H14FN3O2S/c1-21-12-6-2-9(8-11(12)16)3-7-13(20)17-15-19-18-14(22-15)10-4-5-10/h2-3,6-8,10H,4-5H2,1H3,(H,17,19,20)/b7-3+. The van der Waals surface area contributed by atoms with E-state index >= 15 is 0 Å². The lowest BCUT2D eigenvalue weighted by atomic mass is 10.2. The molecule has 0 bridgehead atoms. The first-order valence-corrected chi connectivity index (χ1v) is 7.63. The second-order valence-electron chi connectivity index (χ2n) is 4.94. The number of carbonyl (C=O) groups is 1. The number of ether oxygens (including phenoxy) is 1. The molecule has 1 aromatic heterocycles. The largest absolute Gasteiger partial charge is 0.494 e. The van der Waals surface area contributed by atoms with Gasteiger partial charge in [-0.15, -0.1) is 10.2 Å². The average Bonchev–Trinajstić information content (AvgIpc) is 3.26. The first kappa shape index (κ1) is 14.6. The number of halogens is 1. The molecule has 0 unspecified atom stereocenters.